The molecule has 2 heterocycles. The molecule has 1 aromatic rings. The number of H-pyrrole nitrogens is 1. The van der Waals surface area contributed by atoms with Crippen molar-refractivity contribution in [3.63, 3.8) is 0 Å². The van der Waals surface area contributed by atoms with E-state index in [1.165, 1.54) is 0 Å². The number of fused-ring (bicyclic) bond motifs is 1. The summed E-state index contributed by atoms with van der Waals surface area (Å²) in [5, 5.41) is 0. The highest BCUT2D eigenvalue weighted by Crippen LogP contribution is 2.41. The van der Waals surface area contributed by atoms with Crippen molar-refractivity contribution in [2.24, 2.45) is 0 Å². The van der Waals surface area contributed by atoms with E-state index < -0.39 is 5.69 Å². The van der Waals surface area contributed by atoms with E-state index in [-0.39, 0.29) is 0 Å². The molecule has 0 aromatic heterocycles. The van der Waals surface area contributed by atoms with Crippen LogP contribution in [-0.2, 0) is 6.54 Å². The largest absolute Gasteiger partial charge is 0.493 e. The lowest BCUT2D eigenvalue weighted by atomic mass is 10.1. The summed E-state index contributed by atoms with van der Waals surface area (Å²) in [6.07, 6.45) is 1.70. The molecule has 2 aliphatic heterocycles. The molecule has 0 radical (unpaired) electrons. The van der Waals surface area contributed by atoms with Gasteiger partial charge in [-0.25, -0.2) is 9.78 Å². The molecule has 0 unspecified atom stereocenters. The maximum Gasteiger partial charge on any atom is 0.348 e. The van der Waals surface area contributed by atoms with Crippen LogP contribution in [0.25, 0.3) is 22.9 Å². The quantitative estimate of drug-likeness (QED) is 0.667. The highest BCUT2D eigenvalue weighted by atomic mass is 16.5. The van der Waals surface area contributed by atoms with Crippen molar-refractivity contribution in [3.8, 4) is 40.2 Å². The predicted molar refractivity (Wildman–Crippen MR) is 101 cm³/mol. The van der Waals surface area contributed by atoms with Crippen LogP contribution in [0.15, 0.2) is 23.1 Å². The van der Waals surface area contributed by atoms with E-state index in [0.717, 1.165) is 17.8 Å². The molecule has 3 rings (SSSR count). The molecular formula is C18H23N5O4. The Morgan fingerprint density at radius 2 is 1.78 bits per heavy atom. The number of imidazole rings is 1. The molecule has 2 aliphatic rings. The van der Waals surface area contributed by atoms with Gasteiger partial charge in [0, 0.05) is 18.7 Å². The van der Waals surface area contributed by atoms with Gasteiger partial charge in [0.2, 0.25) is 5.75 Å². The Bertz CT molecular complexity index is 938. The number of likely N-dealkylation sites (N-methyl/N-ethyl adjacent to an activating group) is 1. The van der Waals surface area contributed by atoms with Gasteiger partial charge in [-0.2, -0.15) is 4.98 Å². The monoisotopic (exact) mass is 373 g/mol. The van der Waals surface area contributed by atoms with Crippen LogP contribution in [0, 0.1) is 0 Å². The summed E-state index contributed by atoms with van der Waals surface area (Å²) in [6, 6.07) is 3.70. The number of hydrogen-bond donors (Lipinski definition) is 1. The first-order chi connectivity index (χ1) is 13.0. The van der Waals surface area contributed by atoms with Gasteiger partial charge in [0.25, 0.3) is 0 Å². The fourth-order valence-corrected chi connectivity index (χ4v) is 2.91. The molecule has 0 amide bonds. The molecule has 144 valence electrons. The highest BCUT2D eigenvalue weighted by Gasteiger charge is 2.20. The summed E-state index contributed by atoms with van der Waals surface area (Å²) in [5.41, 5.74) is 1.18. The first-order valence-electron chi connectivity index (χ1n) is 8.39. The smallest absolute Gasteiger partial charge is 0.348 e. The minimum absolute atomic E-state index is 0.418. The molecule has 0 aliphatic carbocycles. The Morgan fingerprint density at radius 1 is 1.11 bits per heavy atom. The highest BCUT2D eigenvalue weighted by molar-refractivity contribution is 5.70. The van der Waals surface area contributed by atoms with Gasteiger partial charge in [-0.05, 0) is 26.2 Å². The zero-order valence-electron chi connectivity index (χ0n) is 16.1. The van der Waals surface area contributed by atoms with Crippen LogP contribution in [0.5, 0.6) is 17.2 Å². The molecule has 27 heavy (non-hydrogen) atoms. The van der Waals surface area contributed by atoms with E-state index in [1.54, 1.807) is 27.5 Å². The molecule has 0 saturated heterocycles. The number of ether oxygens (including phenoxy) is 3. The molecule has 1 aromatic carbocycles. The SMILES string of the molecule is COc1cc(-c2cnc3[nH]c(=O)nc-3n2CCN(C)C)cc(OC)c1OC. The summed E-state index contributed by atoms with van der Waals surface area (Å²) in [4.78, 5) is 24.9. The first-order valence-corrected chi connectivity index (χ1v) is 8.39. The minimum Gasteiger partial charge on any atom is -0.493 e. The Morgan fingerprint density at radius 3 is 2.33 bits per heavy atom. The summed E-state index contributed by atoms with van der Waals surface area (Å²) >= 11 is 0. The van der Waals surface area contributed by atoms with Crippen LogP contribution >= 0.6 is 0 Å². The second-order valence-corrected chi connectivity index (χ2v) is 6.23. The third-order valence-electron chi connectivity index (χ3n) is 4.24. The van der Waals surface area contributed by atoms with E-state index in [2.05, 4.69) is 19.9 Å². The van der Waals surface area contributed by atoms with Gasteiger partial charge in [-0.3, -0.25) is 4.98 Å². The van der Waals surface area contributed by atoms with E-state index >= 15 is 0 Å². The molecular weight excluding hydrogens is 350 g/mol. The summed E-state index contributed by atoms with van der Waals surface area (Å²) < 4.78 is 18.3. The third-order valence-corrected chi connectivity index (χ3v) is 4.24. The predicted octanol–water partition coefficient (Wildman–Crippen LogP) is 1.33. The summed E-state index contributed by atoms with van der Waals surface area (Å²) in [7, 11) is 8.67. The average molecular weight is 373 g/mol. The van der Waals surface area contributed by atoms with Crippen molar-refractivity contribution >= 4 is 0 Å². The number of methoxy groups -OCH3 is 3. The van der Waals surface area contributed by atoms with Crippen LogP contribution < -0.4 is 19.9 Å². The second kappa shape index (κ2) is 7.67. The number of benzene rings is 1. The third kappa shape index (κ3) is 3.59. The lowest BCUT2D eigenvalue weighted by Crippen LogP contribution is -2.21. The van der Waals surface area contributed by atoms with Crippen molar-refractivity contribution < 1.29 is 14.2 Å². The number of aromatic nitrogens is 4. The normalized spacial score (nSPS) is 11.2. The molecule has 0 spiro atoms. The van der Waals surface area contributed by atoms with Gasteiger partial charge >= 0.3 is 5.69 Å². The molecule has 0 bridgehead atoms. The lowest BCUT2D eigenvalue weighted by molar-refractivity contribution is 0.324. The van der Waals surface area contributed by atoms with Gasteiger partial charge in [0.15, 0.2) is 23.1 Å². The van der Waals surface area contributed by atoms with Crippen molar-refractivity contribution in [1.82, 2.24) is 24.4 Å². The first kappa shape index (κ1) is 18.7. The van der Waals surface area contributed by atoms with E-state index in [4.69, 9.17) is 14.2 Å². The number of nitrogens with one attached hydrogen (secondary N) is 1. The number of hydrogen-bond acceptors (Lipinski definition) is 7. The fourth-order valence-electron chi connectivity index (χ4n) is 2.91. The molecule has 0 atom stereocenters. The van der Waals surface area contributed by atoms with E-state index in [0.29, 0.717) is 35.4 Å². The topological polar surface area (TPSA) is 94.5 Å². The minimum atomic E-state index is -0.418. The van der Waals surface area contributed by atoms with Crippen LogP contribution in [0.1, 0.15) is 0 Å². The van der Waals surface area contributed by atoms with Gasteiger partial charge in [-0.1, -0.05) is 0 Å². The zero-order chi connectivity index (χ0) is 19.6. The maximum absolute atomic E-state index is 11.7. The van der Waals surface area contributed by atoms with Crippen LogP contribution in [0.3, 0.4) is 0 Å². The van der Waals surface area contributed by atoms with Crippen molar-refractivity contribution in [2.45, 2.75) is 6.54 Å². The molecule has 0 fully saturated rings. The summed E-state index contributed by atoms with van der Waals surface area (Å²) in [6.45, 7) is 1.39. The Balaban J connectivity index is 2.23. The summed E-state index contributed by atoms with van der Waals surface area (Å²) in [5.74, 6) is 2.55. The second-order valence-electron chi connectivity index (χ2n) is 6.23. The standard InChI is InChI=1S/C18H23N5O4/c1-22(2)6-7-23-12(10-19-16-17(23)21-18(24)20-16)11-8-13(25-3)15(27-5)14(9-11)26-4/h8-10H,6-7H2,1-5H3,(H,19,20,24). The molecule has 9 heteroatoms. The zero-order valence-corrected chi connectivity index (χ0v) is 16.1. The van der Waals surface area contributed by atoms with Crippen LogP contribution in [-0.4, -0.2) is 66.4 Å². The van der Waals surface area contributed by atoms with Crippen molar-refractivity contribution in [1.29, 1.82) is 0 Å². The van der Waals surface area contributed by atoms with E-state index in [9.17, 15) is 4.79 Å². The Kier molecular flexibility index (Phi) is 5.31. The number of rotatable bonds is 7. The van der Waals surface area contributed by atoms with Gasteiger partial charge in [0.1, 0.15) is 0 Å². The molecule has 1 N–H and O–H groups in total. The lowest BCUT2D eigenvalue weighted by Gasteiger charge is -2.20. The Labute approximate surface area is 156 Å². The number of aromatic amines is 1. The average Bonchev–Trinajstić information content (AvgIpc) is 3.04. The Hall–Kier alpha value is -3.07. The van der Waals surface area contributed by atoms with Crippen LogP contribution in [0.4, 0.5) is 0 Å². The van der Waals surface area contributed by atoms with Gasteiger partial charge in [-0.15, -0.1) is 0 Å². The molecule has 0 saturated carbocycles. The van der Waals surface area contributed by atoms with Gasteiger partial charge < -0.3 is 23.7 Å². The van der Waals surface area contributed by atoms with Crippen molar-refractivity contribution in [3.05, 3.63) is 28.8 Å². The number of nitrogens with zero attached hydrogens (tertiary/aromatic N) is 4. The maximum atomic E-state index is 11.7. The molecule has 9 nitrogen and oxygen atoms in total. The fraction of sp³-hybridized carbons (Fsp3) is 0.389. The van der Waals surface area contributed by atoms with Crippen LogP contribution in [0.2, 0.25) is 0 Å². The van der Waals surface area contributed by atoms with Crippen molar-refractivity contribution in [2.75, 3.05) is 42.0 Å². The van der Waals surface area contributed by atoms with E-state index in [1.807, 2.05) is 30.8 Å². The van der Waals surface area contributed by atoms with Gasteiger partial charge in [0.05, 0.1) is 33.2 Å².